The van der Waals surface area contributed by atoms with Crippen LogP contribution in [0.15, 0.2) is 41.3 Å². The quantitative estimate of drug-likeness (QED) is 0.935. The molecule has 2 aromatic rings. The highest BCUT2D eigenvalue weighted by Crippen LogP contribution is 2.44. The first-order valence-electron chi connectivity index (χ1n) is 8.15. The molecular formula is C18H21NO3S. The molecule has 0 spiro atoms. The summed E-state index contributed by atoms with van der Waals surface area (Å²) >= 11 is 0. The molecule has 2 aliphatic carbocycles. The van der Waals surface area contributed by atoms with Crippen molar-refractivity contribution < 1.29 is 13.2 Å². The van der Waals surface area contributed by atoms with Crippen LogP contribution in [0.4, 0.5) is 0 Å². The molecule has 1 N–H and O–H groups in total. The zero-order chi connectivity index (χ0) is 16.0. The second kappa shape index (κ2) is 5.49. The van der Waals surface area contributed by atoms with E-state index in [9.17, 15) is 8.42 Å². The number of fused-ring (bicyclic) bond motifs is 3. The summed E-state index contributed by atoms with van der Waals surface area (Å²) in [5, 5.41) is 1.88. The molecule has 2 aliphatic rings. The number of hydrogen-bond acceptors (Lipinski definition) is 3. The van der Waals surface area contributed by atoms with E-state index < -0.39 is 10.0 Å². The van der Waals surface area contributed by atoms with E-state index in [-0.39, 0.29) is 6.04 Å². The van der Waals surface area contributed by atoms with Gasteiger partial charge in [0.25, 0.3) is 0 Å². The standard InChI is InChI=1S/C18H21NO3S/c1-22-16-6-4-14-11-17(7-5-13(14)10-16)23(20,21)19-18-9-12-2-3-15(18)8-12/h4-7,10-12,15,18-19H,2-3,8-9H2,1H3/t12-,15-,18+/m1/s1. The Morgan fingerprint density at radius 2 is 1.83 bits per heavy atom. The van der Waals surface area contributed by atoms with Gasteiger partial charge in [-0.3, -0.25) is 0 Å². The summed E-state index contributed by atoms with van der Waals surface area (Å²) in [5.41, 5.74) is 0. The van der Waals surface area contributed by atoms with Crippen LogP contribution in [0.1, 0.15) is 25.7 Å². The van der Waals surface area contributed by atoms with E-state index in [1.807, 2.05) is 24.3 Å². The molecule has 3 atom stereocenters. The number of methoxy groups -OCH3 is 1. The normalized spacial score (nSPS) is 26.7. The van der Waals surface area contributed by atoms with Crippen LogP contribution in [0, 0.1) is 11.8 Å². The van der Waals surface area contributed by atoms with E-state index in [1.54, 1.807) is 19.2 Å². The van der Waals surface area contributed by atoms with Gasteiger partial charge in [-0.25, -0.2) is 13.1 Å². The maximum atomic E-state index is 12.7. The second-order valence-electron chi connectivity index (χ2n) is 6.78. The van der Waals surface area contributed by atoms with Crippen LogP contribution in [-0.2, 0) is 10.0 Å². The van der Waals surface area contributed by atoms with Gasteiger partial charge in [0, 0.05) is 6.04 Å². The number of ether oxygens (including phenoxy) is 1. The van der Waals surface area contributed by atoms with Crippen LogP contribution in [0.3, 0.4) is 0 Å². The molecule has 2 aromatic carbocycles. The molecule has 0 saturated heterocycles. The Kier molecular flexibility index (Phi) is 3.58. The Morgan fingerprint density at radius 3 is 2.52 bits per heavy atom. The first-order chi connectivity index (χ1) is 11.0. The Morgan fingerprint density at radius 1 is 1.04 bits per heavy atom. The van der Waals surface area contributed by atoms with Gasteiger partial charge in [-0.05, 0) is 66.1 Å². The lowest BCUT2D eigenvalue weighted by Crippen LogP contribution is -2.38. The third-order valence-corrected chi connectivity index (χ3v) is 6.86. The number of rotatable bonds is 4. The predicted molar refractivity (Wildman–Crippen MR) is 90.1 cm³/mol. The maximum Gasteiger partial charge on any atom is 0.240 e. The zero-order valence-electron chi connectivity index (χ0n) is 13.2. The SMILES string of the molecule is COc1ccc2cc(S(=O)(=O)N[C@H]3C[C@@H]4CC[C@@H]3C4)ccc2c1. The number of benzene rings is 2. The third-order valence-electron chi connectivity index (χ3n) is 5.37. The van der Waals surface area contributed by atoms with Crippen molar-refractivity contribution in [3.8, 4) is 5.75 Å². The molecule has 0 radical (unpaired) electrons. The van der Waals surface area contributed by atoms with E-state index in [0.29, 0.717) is 10.8 Å². The van der Waals surface area contributed by atoms with Gasteiger partial charge in [0.2, 0.25) is 10.0 Å². The largest absolute Gasteiger partial charge is 0.497 e. The molecule has 2 bridgehead atoms. The molecule has 0 unspecified atom stereocenters. The van der Waals surface area contributed by atoms with Crippen molar-refractivity contribution in [1.82, 2.24) is 4.72 Å². The Hall–Kier alpha value is -1.59. The van der Waals surface area contributed by atoms with Gasteiger partial charge in [0.15, 0.2) is 0 Å². The maximum absolute atomic E-state index is 12.7. The van der Waals surface area contributed by atoms with Crippen molar-refractivity contribution in [2.75, 3.05) is 7.11 Å². The van der Waals surface area contributed by atoms with Gasteiger partial charge < -0.3 is 4.74 Å². The van der Waals surface area contributed by atoms with Crippen molar-refractivity contribution in [3.05, 3.63) is 36.4 Å². The van der Waals surface area contributed by atoms with Gasteiger partial charge in [-0.2, -0.15) is 0 Å². The minimum atomic E-state index is -3.45. The molecule has 122 valence electrons. The number of sulfonamides is 1. The molecule has 23 heavy (non-hydrogen) atoms. The molecular weight excluding hydrogens is 310 g/mol. The molecule has 5 heteroatoms. The van der Waals surface area contributed by atoms with Gasteiger partial charge in [0.1, 0.15) is 5.75 Å². The van der Waals surface area contributed by atoms with Crippen LogP contribution in [0.5, 0.6) is 5.75 Å². The van der Waals surface area contributed by atoms with Crippen molar-refractivity contribution in [2.45, 2.75) is 36.6 Å². The predicted octanol–water partition coefficient (Wildman–Crippen LogP) is 3.32. The van der Waals surface area contributed by atoms with Crippen molar-refractivity contribution in [3.63, 3.8) is 0 Å². The van der Waals surface area contributed by atoms with Gasteiger partial charge >= 0.3 is 0 Å². The van der Waals surface area contributed by atoms with Crippen LogP contribution in [0.25, 0.3) is 10.8 Å². The highest BCUT2D eigenvalue weighted by atomic mass is 32.2. The molecule has 2 saturated carbocycles. The van der Waals surface area contributed by atoms with Gasteiger partial charge in [0.05, 0.1) is 12.0 Å². The minimum Gasteiger partial charge on any atom is -0.497 e. The van der Waals surface area contributed by atoms with E-state index in [2.05, 4.69) is 4.72 Å². The van der Waals surface area contributed by atoms with Crippen molar-refractivity contribution in [1.29, 1.82) is 0 Å². The molecule has 0 aromatic heterocycles. The molecule has 0 heterocycles. The molecule has 4 rings (SSSR count). The highest BCUT2D eigenvalue weighted by Gasteiger charge is 2.41. The van der Waals surface area contributed by atoms with Crippen molar-refractivity contribution >= 4 is 20.8 Å². The van der Waals surface area contributed by atoms with E-state index in [0.717, 1.165) is 35.3 Å². The fourth-order valence-corrected chi connectivity index (χ4v) is 5.51. The second-order valence-corrected chi connectivity index (χ2v) is 8.49. The van der Waals surface area contributed by atoms with Crippen LogP contribution < -0.4 is 9.46 Å². The molecule has 2 fully saturated rings. The summed E-state index contributed by atoms with van der Waals surface area (Å²) in [6.07, 6.45) is 4.61. The highest BCUT2D eigenvalue weighted by molar-refractivity contribution is 7.89. The zero-order valence-corrected chi connectivity index (χ0v) is 14.0. The van der Waals surface area contributed by atoms with Gasteiger partial charge in [-0.15, -0.1) is 0 Å². The summed E-state index contributed by atoms with van der Waals surface area (Å²) in [7, 11) is -1.83. The fraction of sp³-hybridized carbons (Fsp3) is 0.444. The number of nitrogens with one attached hydrogen (secondary N) is 1. The lowest BCUT2D eigenvalue weighted by molar-refractivity contribution is 0.390. The first-order valence-corrected chi connectivity index (χ1v) is 9.63. The average Bonchev–Trinajstić information content (AvgIpc) is 3.16. The smallest absolute Gasteiger partial charge is 0.240 e. The Bertz CT molecular complexity index is 846. The van der Waals surface area contributed by atoms with Crippen LogP contribution >= 0.6 is 0 Å². The summed E-state index contributed by atoms with van der Waals surface area (Å²) in [6, 6.07) is 11.0. The van der Waals surface area contributed by atoms with Gasteiger partial charge in [-0.1, -0.05) is 18.6 Å². The van der Waals surface area contributed by atoms with Crippen molar-refractivity contribution in [2.24, 2.45) is 11.8 Å². The van der Waals surface area contributed by atoms with Crippen LogP contribution in [0.2, 0.25) is 0 Å². The molecule has 0 aliphatic heterocycles. The summed E-state index contributed by atoms with van der Waals surface area (Å²) in [4.78, 5) is 0.345. The lowest BCUT2D eigenvalue weighted by Gasteiger charge is -2.22. The van der Waals surface area contributed by atoms with E-state index >= 15 is 0 Å². The molecule has 0 amide bonds. The van der Waals surface area contributed by atoms with E-state index in [1.165, 1.54) is 12.8 Å². The fourth-order valence-electron chi connectivity index (χ4n) is 4.15. The summed E-state index contributed by atoms with van der Waals surface area (Å²) in [5.74, 6) is 2.02. The Balaban J connectivity index is 1.62. The van der Waals surface area contributed by atoms with E-state index in [4.69, 9.17) is 4.74 Å². The van der Waals surface area contributed by atoms with Crippen LogP contribution in [-0.4, -0.2) is 21.6 Å². The summed E-state index contributed by atoms with van der Waals surface area (Å²) < 4.78 is 33.5. The lowest BCUT2D eigenvalue weighted by atomic mass is 9.96. The minimum absolute atomic E-state index is 0.116. The number of hydrogen-bond donors (Lipinski definition) is 1. The Labute approximate surface area is 136 Å². The summed E-state index contributed by atoms with van der Waals surface area (Å²) in [6.45, 7) is 0. The third kappa shape index (κ3) is 2.72. The average molecular weight is 331 g/mol. The first kappa shape index (κ1) is 15.0. The molecule has 4 nitrogen and oxygen atoms in total. The topological polar surface area (TPSA) is 55.4 Å². The monoisotopic (exact) mass is 331 g/mol.